The van der Waals surface area contributed by atoms with Crippen LogP contribution < -0.4 is 0 Å². The first kappa shape index (κ1) is 11.7. The normalized spacial score (nSPS) is 12.3. The van der Waals surface area contributed by atoms with Crippen LogP contribution in [0, 0.1) is 5.92 Å². The minimum atomic E-state index is -0.222. The lowest BCUT2D eigenvalue weighted by atomic mass is 10.0. The molecule has 0 aromatic rings. The van der Waals surface area contributed by atoms with Crippen molar-refractivity contribution in [3.05, 3.63) is 11.6 Å². The number of carbonyl (C=O) groups is 1. The van der Waals surface area contributed by atoms with Crippen LogP contribution >= 0.6 is 11.6 Å². The molecule has 1 atom stereocenters. The number of hydrogen-bond donors (Lipinski definition) is 0. The van der Waals surface area contributed by atoms with E-state index in [2.05, 4.69) is 26.8 Å². The van der Waals surface area contributed by atoms with Crippen molar-refractivity contribution in [3.63, 3.8) is 0 Å². The standard InChI is InChI=1S/C10H17ClO/c1-8(2)5-4-6-9(3)7-10(11)12/h5,9H,4,6-7H2,1-3H3/t9-/m1/s1. The van der Waals surface area contributed by atoms with Gasteiger partial charge in [0.05, 0.1) is 0 Å². The molecule has 12 heavy (non-hydrogen) atoms. The van der Waals surface area contributed by atoms with E-state index in [1.165, 1.54) is 5.57 Å². The zero-order valence-electron chi connectivity index (χ0n) is 8.06. The maximum absolute atomic E-state index is 10.5. The van der Waals surface area contributed by atoms with E-state index in [1.54, 1.807) is 0 Å². The molecule has 2 heteroatoms. The van der Waals surface area contributed by atoms with E-state index in [-0.39, 0.29) is 5.24 Å². The second kappa shape index (κ2) is 6.24. The Morgan fingerprint density at radius 1 is 1.50 bits per heavy atom. The largest absolute Gasteiger partial charge is 0.281 e. The molecule has 0 aliphatic rings. The predicted octanol–water partition coefficient (Wildman–Crippen LogP) is 3.52. The average Bonchev–Trinajstić information content (AvgIpc) is 1.84. The fourth-order valence-electron chi connectivity index (χ4n) is 1.03. The first-order valence-corrected chi connectivity index (χ1v) is 4.72. The summed E-state index contributed by atoms with van der Waals surface area (Å²) in [6.07, 6.45) is 4.78. The summed E-state index contributed by atoms with van der Waals surface area (Å²) in [7, 11) is 0. The highest BCUT2D eigenvalue weighted by atomic mass is 35.5. The third-order valence-electron chi connectivity index (χ3n) is 1.72. The van der Waals surface area contributed by atoms with Crippen molar-refractivity contribution in [1.29, 1.82) is 0 Å². The van der Waals surface area contributed by atoms with Crippen LogP contribution in [0.15, 0.2) is 11.6 Å². The van der Waals surface area contributed by atoms with Gasteiger partial charge >= 0.3 is 0 Å². The van der Waals surface area contributed by atoms with E-state index in [0.717, 1.165) is 12.8 Å². The van der Waals surface area contributed by atoms with E-state index < -0.39 is 0 Å². The zero-order valence-corrected chi connectivity index (χ0v) is 8.82. The van der Waals surface area contributed by atoms with Crippen molar-refractivity contribution in [2.24, 2.45) is 5.92 Å². The molecule has 0 rings (SSSR count). The van der Waals surface area contributed by atoms with Gasteiger partial charge in [0, 0.05) is 6.42 Å². The summed E-state index contributed by atoms with van der Waals surface area (Å²) in [6.45, 7) is 6.22. The van der Waals surface area contributed by atoms with Crippen LogP contribution in [-0.4, -0.2) is 5.24 Å². The molecule has 0 saturated heterocycles. The van der Waals surface area contributed by atoms with Crippen LogP contribution in [0.4, 0.5) is 0 Å². The van der Waals surface area contributed by atoms with Gasteiger partial charge in [-0.05, 0) is 44.2 Å². The molecular formula is C10H17ClO. The zero-order chi connectivity index (χ0) is 9.56. The molecule has 0 aliphatic heterocycles. The Labute approximate surface area is 79.8 Å². The third kappa shape index (κ3) is 7.80. The summed E-state index contributed by atoms with van der Waals surface area (Å²) in [5.74, 6) is 0.408. The first-order valence-electron chi connectivity index (χ1n) is 4.34. The Kier molecular flexibility index (Phi) is 6.09. The maximum atomic E-state index is 10.5. The lowest BCUT2D eigenvalue weighted by Crippen LogP contribution is -1.98. The number of allylic oxidation sites excluding steroid dienone is 2. The van der Waals surface area contributed by atoms with Gasteiger partial charge in [-0.3, -0.25) is 4.79 Å². The van der Waals surface area contributed by atoms with Crippen molar-refractivity contribution in [3.8, 4) is 0 Å². The average molecular weight is 189 g/mol. The smallest absolute Gasteiger partial charge is 0.221 e. The predicted molar refractivity (Wildman–Crippen MR) is 53.3 cm³/mol. The second-order valence-corrected chi connectivity index (χ2v) is 3.94. The molecule has 0 bridgehead atoms. The van der Waals surface area contributed by atoms with Gasteiger partial charge in [-0.1, -0.05) is 18.6 Å². The van der Waals surface area contributed by atoms with E-state index in [1.807, 2.05) is 0 Å². The van der Waals surface area contributed by atoms with Gasteiger partial charge in [-0.15, -0.1) is 0 Å². The van der Waals surface area contributed by atoms with Gasteiger partial charge in [0.15, 0.2) is 0 Å². The van der Waals surface area contributed by atoms with Gasteiger partial charge in [0.25, 0.3) is 0 Å². The van der Waals surface area contributed by atoms with Crippen LogP contribution in [-0.2, 0) is 4.79 Å². The fraction of sp³-hybridized carbons (Fsp3) is 0.700. The number of rotatable bonds is 5. The maximum Gasteiger partial charge on any atom is 0.221 e. The van der Waals surface area contributed by atoms with E-state index >= 15 is 0 Å². The first-order chi connectivity index (χ1) is 5.52. The molecule has 0 aromatic carbocycles. The molecule has 0 heterocycles. The van der Waals surface area contributed by atoms with Crippen LogP contribution in [0.2, 0.25) is 0 Å². The molecule has 0 radical (unpaired) electrons. The molecule has 0 saturated carbocycles. The van der Waals surface area contributed by atoms with E-state index in [4.69, 9.17) is 11.6 Å². The minimum Gasteiger partial charge on any atom is -0.281 e. The summed E-state index contributed by atoms with van der Waals surface area (Å²) in [6, 6.07) is 0. The van der Waals surface area contributed by atoms with Gasteiger partial charge in [0.1, 0.15) is 0 Å². The number of hydrogen-bond acceptors (Lipinski definition) is 1. The lowest BCUT2D eigenvalue weighted by Gasteiger charge is -2.05. The molecular weight excluding hydrogens is 172 g/mol. The lowest BCUT2D eigenvalue weighted by molar-refractivity contribution is -0.112. The van der Waals surface area contributed by atoms with E-state index in [9.17, 15) is 4.79 Å². The summed E-state index contributed by atoms with van der Waals surface area (Å²) < 4.78 is 0. The van der Waals surface area contributed by atoms with Crippen LogP contribution in [0.25, 0.3) is 0 Å². The molecule has 0 fully saturated rings. The second-order valence-electron chi connectivity index (χ2n) is 3.52. The number of halogens is 1. The Balaban J connectivity index is 3.50. The molecule has 0 amide bonds. The third-order valence-corrected chi connectivity index (χ3v) is 1.88. The summed E-state index contributed by atoms with van der Waals surface area (Å²) >= 11 is 5.26. The van der Waals surface area contributed by atoms with Gasteiger partial charge in [0.2, 0.25) is 5.24 Å². The van der Waals surface area contributed by atoms with E-state index in [0.29, 0.717) is 12.3 Å². The molecule has 70 valence electrons. The highest BCUT2D eigenvalue weighted by Gasteiger charge is 2.04. The quantitative estimate of drug-likeness (QED) is 0.477. The molecule has 0 aliphatic carbocycles. The molecule has 0 aromatic heterocycles. The fourth-order valence-corrected chi connectivity index (χ4v) is 1.30. The van der Waals surface area contributed by atoms with Crippen molar-refractivity contribution < 1.29 is 4.79 Å². The van der Waals surface area contributed by atoms with Crippen molar-refractivity contribution in [1.82, 2.24) is 0 Å². The topological polar surface area (TPSA) is 17.1 Å². The molecule has 0 spiro atoms. The Hall–Kier alpha value is -0.300. The Morgan fingerprint density at radius 2 is 2.08 bits per heavy atom. The van der Waals surface area contributed by atoms with Crippen molar-refractivity contribution in [2.45, 2.75) is 40.0 Å². The van der Waals surface area contributed by atoms with Crippen molar-refractivity contribution >= 4 is 16.8 Å². The summed E-state index contributed by atoms with van der Waals surface area (Å²) in [5.41, 5.74) is 1.33. The molecule has 1 nitrogen and oxygen atoms in total. The van der Waals surface area contributed by atoms with Crippen LogP contribution in [0.3, 0.4) is 0 Å². The minimum absolute atomic E-state index is 0.222. The van der Waals surface area contributed by atoms with Gasteiger partial charge < -0.3 is 0 Å². The molecule has 0 unspecified atom stereocenters. The summed E-state index contributed by atoms with van der Waals surface area (Å²) in [4.78, 5) is 10.5. The summed E-state index contributed by atoms with van der Waals surface area (Å²) in [5, 5.41) is -0.222. The monoisotopic (exact) mass is 188 g/mol. The SMILES string of the molecule is CC(C)=CCC[C@@H](C)CC(=O)Cl. The molecule has 0 N–H and O–H groups in total. The number of carbonyl (C=O) groups excluding carboxylic acids is 1. The van der Waals surface area contributed by atoms with Gasteiger partial charge in [-0.25, -0.2) is 0 Å². The van der Waals surface area contributed by atoms with Crippen LogP contribution in [0.5, 0.6) is 0 Å². The van der Waals surface area contributed by atoms with Gasteiger partial charge in [-0.2, -0.15) is 0 Å². The highest BCUT2D eigenvalue weighted by molar-refractivity contribution is 6.63. The Bertz CT molecular complexity index is 169. The van der Waals surface area contributed by atoms with Crippen LogP contribution in [0.1, 0.15) is 40.0 Å². The Morgan fingerprint density at radius 3 is 2.50 bits per heavy atom. The highest BCUT2D eigenvalue weighted by Crippen LogP contribution is 2.12. The van der Waals surface area contributed by atoms with Crippen molar-refractivity contribution in [2.75, 3.05) is 0 Å².